The van der Waals surface area contributed by atoms with Crippen LogP contribution in [0.3, 0.4) is 0 Å². The van der Waals surface area contributed by atoms with Crippen LogP contribution < -0.4 is 5.32 Å². The molecule has 1 aromatic carbocycles. The van der Waals surface area contributed by atoms with Gasteiger partial charge in [-0.05, 0) is 50.2 Å². The van der Waals surface area contributed by atoms with E-state index in [1.165, 1.54) is 0 Å². The first-order valence-corrected chi connectivity index (χ1v) is 9.82. The van der Waals surface area contributed by atoms with Crippen molar-refractivity contribution in [2.24, 2.45) is 0 Å². The molecule has 0 fully saturated rings. The zero-order valence-electron chi connectivity index (χ0n) is 15.9. The van der Waals surface area contributed by atoms with Gasteiger partial charge in [0.05, 0.1) is 27.2 Å². The standard InChI is InChI=1S/C21H16N4O3S/c1-10-4-7-18(29-10)16-9-14(19-11(2)25-28-21(19)24-16)20(26)23-13-5-6-17-15(8-13)22-12(3)27-17/h4-9H,1-3H3,(H,23,26). The summed E-state index contributed by atoms with van der Waals surface area (Å²) in [5.41, 5.74) is 4.11. The molecule has 7 nitrogen and oxygen atoms in total. The molecule has 0 unspecified atom stereocenters. The maximum Gasteiger partial charge on any atom is 0.259 e. The number of fused-ring (bicyclic) bond motifs is 2. The van der Waals surface area contributed by atoms with E-state index in [-0.39, 0.29) is 5.91 Å². The van der Waals surface area contributed by atoms with Gasteiger partial charge >= 0.3 is 0 Å². The van der Waals surface area contributed by atoms with E-state index < -0.39 is 0 Å². The van der Waals surface area contributed by atoms with Gasteiger partial charge in [0.1, 0.15) is 5.52 Å². The zero-order valence-corrected chi connectivity index (χ0v) is 16.8. The summed E-state index contributed by atoms with van der Waals surface area (Å²) in [7, 11) is 0. The van der Waals surface area contributed by atoms with Crippen molar-refractivity contribution < 1.29 is 13.7 Å². The summed E-state index contributed by atoms with van der Waals surface area (Å²) in [6, 6.07) is 11.1. The Morgan fingerprint density at radius 1 is 1.07 bits per heavy atom. The van der Waals surface area contributed by atoms with E-state index in [4.69, 9.17) is 8.94 Å². The molecule has 144 valence electrons. The van der Waals surface area contributed by atoms with Crippen molar-refractivity contribution in [3.63, 3.8) is 0 Å². The van der Waals surface area contributed by atoms with Gasteiger partial charge in [-0.15, -0.1) is 11.3 Å². The molecular weight excluding hydrogens is 388 g/mol. The van der Waals surface area contributed by atoms with Crippen LogP contribution in [0.15, 0.2) is 45.3 Å². The predicted molar refractivity (Wildman–Crippen MR) is 111 cm³/mol. The van der Waals surface area contributed by atoms with Crippen LogP contribution in [-0.4, -0.2) is 21.0 Å². The van der Waals surface area contributed by atoms with Crippen LogP contribution in [0, 0.1) is 20.8 Å². The number of aryl methyl sites for hydroxylation is 3. The smallest absolute Gasteiger partial charge is 0.259 e. The molecule has 0 aliphatic heterocycles. The molecule has 0 saturated heterocycles. The first-order chi connectivity index (χ1) is 14.0. The van der Waals surface area contributed by atoms with Gasteiger partial charge in [0.15, 0.2) is 11.5 Å². The van der Waals surface area contributed by atoms with Crippen molar-refractivity contribution in [3.8, 4) is 10.6 Å². The normalized spacial score (nSPS) is 11.4. The van der Waals surface area contributed by atoms with Crippen LogP contribution in [0.5, 0.6) is 0 Å². The van der Waals surface area contributed by atoms with E-state index in [9.17, 15) is 4.79 Å². The number of amides is 1. The highest BCUT2D eigenvalue weighted by Gasteiger charge is 2.20. The molecule has 0 atom stereocenters. The molecular formula is C21H16N4O3S. The topological polar surface area (TPSA) is 94.1 Å². The number of pyridine rings is 1. The van der Waals surface area contributed by atoms with Crippen LogP contribution >= 0.6 is 11.3 Å². The molecule has 4 aromatic heterocycles. The van der Waals surface area contributed by atoms with Crippen molar-refractivity contribution in [2.45, 2.75) is 20.8 Å². The van der Waals surface area contributed by atoms with Gasteiger partial charge in [0.2, 0.25) is 0 Å². The summed E-state index contributed by atoms with van der Waals surface area (Å²) in [5.74, 6) is 0.313. The van der Waals surface area contributed by atoms with E-state index >= 15 is 0 Å². The highest BCUT2D eigenvalue weighted by molar-refractivity contribution is 7.15. The third kappa shape index (κ3) is 3.07. The van der Waals surface area contributed by atoms with Gasteiger partial charge in [-0.1, -0.05) is 5.16 Å². The second-order valence-electron chi connectivity index (χ2n) is 6.78. The highest BCUT2D eigenvalue weighted by Crippen LogP contribution is 2.31. The van der Waals surface area contributed by atoms with Gasteiger partial charge in [-0.2, -0.15) is 0 Å². The Morgan fingerprint density at radius 2 is 1.93 bits per heavy atom. The zero-order chi connectivity index (χ0) is 20.1. The SMILES string of the molecule is Cc1nc2cc(NC(=O)c3cc(-c4ccc(C)s4)nc4onc(C)c34)ccc2o1. The number of carbonyl (C=O) groups excluding carboxylic acids is 1. The Hall–Kier alpha value is -3.52. The van der Waals surface area contributed by atoms with Crippen molar-refractivity contribution in [3.05, 3.63) is 58.4 Å². The number of nitrogens with zero attached hydrogens (tertiary/aromatic N) is 3. The van der Waals surface area contributed by atoms with Gasteiger partial charge in [-0.3, -0.25) is 4.79 Å². The second kappa shape index (κ2) is 6.52. The molecule has 29 heavy (non-hydrogen) atoms. The average molecular weight is 404 g/mol. The van der Waals surface area contributed by atoms with E-state index in [0.29, 0.717) is 50.7 Å². The van der Waals surface area contributed by atoms with Crippen LogP contribution in [0.2, 0.25) is 0 Å². The Labute approximate surface area is 169 Å². The number of nitrogens with one attached hydrogen (secondary N) is 1. The number of anilines is 1. The molecule has 0 bridgehead atoms. The molecule has 0 saturated carbocycles. The Morgan fingerprint density at radius 3 is 2.72 bits per heavy atom. The lowest BCUT2D eigenvalue weighted by atomic mass is 10.1. The van der Waals surface area contributed by atoms with Crippen LogP contribution in [0.1, 0.15) is 26.8 Å². The monoisotopic (exact) mass is 404 g/mol. The molecule has 5 rings (SSSR count). The summed E-state index contributed by atoms with van der Waals surface area (Å²) in [6.07, 6.45) is 0. The van der Waals surface area contributed by atoms with Crippen molar-refractivity contribution >= 4 is 45.1 Å². The lowest BCUT2D eigenvalue weighted by Gasteiger charge is -2.07. The number of aromatic nitrogens is 3. The van der Waals surface area contributed by atoms with E-state index in [2.05, 4.69) is 20.4 Å². The first kappa shape index (κ1) is 17.6. The van der Waals surface area contributed by atoms with Gasteiger partial charge in [0, 0.05) is 17.5 Å². The fraction of sp³-hybridized carbons (Fsp3) is 0.143. The number of hydrogen-bond donors (Lipinski definition) is 1. The maximum absolute atomic E-state index is 13.2. The van der Waals surface area contributed by atoms with Gasteiger partial charge in [0.25, 0.3) is 11.6 Å². The summed E-state index contributed by atoms with van der Waals surface area (Å²) < 4.78 is 10.9. The van der Waals surface area contributed by atoms with Crippen LogP contribution in [0.25, 0.3) is 32.8 Å². The number of thiophene rings is 1. The Bertz CT molecular complexity index is 1400. The first-order valence-electron chi connectivity index (χ1n) is 9.00. The number of benzene rings is 1. The lowest BCUT2D eigenvalue weighted by molar-refractivity contribution is 0.102. The summed E-state index contributed by atoms with van der Waals surface area (Å²) in [4.78, 5) is 24.2. The summed E-state index contributed by atoms with van der Waals surface area (Å²) in [6.45, 7) is 5.61. The molecule has 1 amide bonds. The number of carbonyl (C=O) groups is 1. The maximum atomic E-state index is 13.2. The Balaban J connectivity index is 1.58. The summed E-state index contributed by atoms with van der Waals surface area (Å²) in [5, 5.41) is 7.54. The minimum absolute atomic E-state index is 0.266. The highest BCUT2D eigenvalue weighted by atomic mass is 32.1. The molecule has 0 spiro atoms. The van der Waals surface area contributed by atoms with E-state index in [0.717, 1.165) is 9.75 Å². The van der Waals surface area contributed by atoms with Crippen molar-refractivity contribution in [1.29, 1.82) is 0 Å². The van der Waals surface area contributed by atoms with E-state index in [1.54, 1.807) is 49.4 Å². The summed E-state index contributed by atoms with van der Waals surface area (Å²) >= 11 is 1.61. The molecule has 1 N–H and O–H groups in total. The largest absolute Gasteiger partial charge is 0.441 e. The number of rotatable bonds is 3. The number of oxazole rings is 1. The molecule has 0 aliphatic carbocycles. The van der Waals surface area contributed by atoms with Crippen molar-refractivity contribution in [2.75, 3.05) is 5.32 Å². The predicted octanol–water partition coefficient (Wildman–Crippen LogP) is 5.27. The minimum Gasteiger partial charge on any atom is -0.441 e. The van der Waals surface area contributed by atoms with Gasteiger partial charge in [-0.25, -0.2) is 9.97 Å². The van der Waals surface area contributed by atoms with Crippen LogP contribution in [-0.2, 0) is 0 Å². The third-order valence-corrected chi connectivity index (χ3v) is 5.63. The third-order valence-electron chi connectivity index (χ3n) is 4.61. The fourth-order valence-corrected chi connectivity index (χ4v) is 4.12. The van der Waals surface area contributed by atoms with E-state index in [1.807, 2.05) is 19.1 Å². The molecule has 0 aliphatic rings. The minimum atomic E-state index is -0.266. The average Bonchev–Trinajstić information content (AvgIpc) is 3.39. The quantitative estimate of drug-likeness (QED) is 0.440. The van der Waals surface area contributed by atoms with Gasteiger partial charge < -0.3 is 14.3 Å². The lowest BCUT2D eigenvalue weighted by Crippen LogP contribution is -2.13. The van der Waals surface area contributed by atoms with Crippen molar-refractivity contribution in [1.82, 2.24) is 15.1 Å². The number of hydrogen-bond acceptors (Lipinski definition) is 7. The molecule has 0 radical (unpaired) electrons. The second-order valence-corrected chi connectivity index (χ2v) is 8.07. The molecule has 8 heteroatoms. The Kier molecular flexibility index (Phi) is 3.95. The molecule has 5 aromatic rings. The molecule has 4 heterocycles. The van der Waals surface area contributed by atoms with Crippen LogP contribution in [0.4, 0.5) is 5.69 Å². The fourth-order valence-electron chi connectivity index (χ4n) is 3.29.